The van der Waals surface area contributed by atoms with Gasteiger partial charge >= 0.3 is 0 Å². The predicted molar refractivity (Wildman–Crippen MR) is 88.8 cm³/mol. The number of rotatable bonds is 1. The van der Waals surface area contributed by atoms with Crippen LogP contribution in [-0.2, 0) is 39.1 Å². The Morgan fingerprint density at radius 3 is 2.77 bits per heavy atom. The fourth-order valence-corrected chi connectivity index (χ4v) is 3.55. The Morgan fingerprint density at radius 2 is 1.95 bits per heavy atom. The second-order valence-electron chi connectivity index (χ2n) is 5.84. The molecule has 0 fully saturated rings. The van der Waals surface area contributed by atoms with Crippen LogP contribution in [0.3, 0.4) is 0 Å². The summed E-state index contributed by atoms with van der Waals surface area (Å²) in [6.07, 6.45) is 3.43. The van der Waals surface area contributed by atoms with E-state index in [1.54, 1.807) is 0 Å². The minimum absolute atomic E-state index is 0. The van der Waals surface area contributed by atoms with Crippen molar-refractivity contribution in [2.45, 2.75) is 26.2 Å². The fraction of sp³-hybridized carbons (Fsp3) is 0.200. The maximum atomic E-state index is 4.32. The molecule has 3 aromatic rings. The molecule has 0 bridgehead atoms. The van der Waals surface area contributed by atoms with Crippen LogP contribution in [0.15, 0.2) is 49.0 Å². The third-order valence-corrected chi connectivity index (χ3v) is 4.50. The van der Waals surface area contributed by atoms with Crippen molar-refractivity contribution in [3.63, 3.8) is 0 Å². The van der Waals surface area contributed by atoms with Crippen LogP contribution in [0.4, 0.5) is 0 Å². The maximum Gasteiger partial charge on any atom is 0.0516 e. The van der Waals surface area contributed by atoms with Gasteiger partial charge in [0.1, 0.15) is 0 Å². The van der Waals surface area contributed by atoms with Crippen molar-refractivity contribution in [3.8, 4) is 5.69 Å². The van der Waals surface area contributed by atoms with Crippen LogP contribution in [0.1, 0.15) is 29.7 Å². The number of fused-ring (bicyclic) bond motifs is 3. The van der Waals surface area contributed by atoms with Gasteiger partial charge < -0.3 is 4.57 Å². The van der Waals surface area contributed by atoms with E-state index in [2.05, 4.69) is 60.5 Å². The molecule has 0 amide bonds. The van der Waals surface area contributed by atoms with Gasteiger partial charge in [-0.25, -0.2) is 0 Å². The molecule has 1 radical (unpaired) electrons. The van der Waals surface area contributed by atoms with E-state index in [0.29, 0.717) is 0 Å². The van der Waals surface area contributed by atoms with Gasteiger partial charge in [-0.05, 0) is 30.9 Å². The first-order valence-corrected chi connectivity index (χ1v) is 7.55. The van der Waals surface area contributed by atoms with Gasteiger partial charge in [0.15, 0.2) is 0 Å². The van der Waals surface area contributed by atoms with Crippen molar-refractivity contribution in [2.75, 3.05) is 0 Å². The summed E-state index contributed by atoms with van der Waals surface area (Å²) in [6.45, 7) is 6.47. The minimum Gasteiger partial charge on any atom is -0.336 e. The van der Waals surface area contributed by atoms with Crippen molar-refractivity contribution in [2.24, 2.45) is 0 Å². The monoisotopic (exact) mass is 361 g/mol. The molecule has 0 atom stereocenters. The summed E-state index contributed by atoms with van der Waals surface area (Å²) < 4.78 is 2.43. The van der Waals surface area contributed by atoms with E-state index in [1.165, 1.54) is 45.4 Å². The average molecular weight is 361 g/mol. The molecule has 1 heterocycles. The molecule has 1 aromatic heterocycles. The van der Waals surface area contributed by atoms with E-state index in [1.807, 2.05) is 6.07 Å². The fourth-order valence-electron chi connectivity index (χ4n) is 3.55. The van der Waals surface area contributed by atoms with Crippen molar-refractivity contribution in [1.29, 1.82) is 0 Å². The Bertz CT molecular complexity index is 857. The zero-order chi connectivity index (χ0) is 14.4. The molecule has 22 heavy (non-hydrogen) atoms. The van der Waals surface area contributed by atoms with Gasteiger partial charge in [-0.3, -0.25) is 0 Å². The molecular formula is C20H18NY-. The summed E-state index contributed by atoms with van der Waals surface area (Å²) in [7, 11) is 0. The molecule has 1 aliphatic carbocycles. The second kappa shape index (κ2) is 6.14. The van der Waals surface area contributed by atoms with Crippen molar-refractivity contribution < 1.29 is 32.7 Å². The zero-order valence-corrected chi connectivity index (χ0v) is 15.7. The first kappa shape index (κ1) is 15.7. The first-order chi connectivity index (χ1) is 10.3. The first-order valence-electron chi connectivity index (χ1n) is 7.55. The van der Waals surface area contributed by atoms with Crippen LogP contribution < -0.4 is 0 Å². The van der Waals surface area contributed by atoms with Gasteiger partial charge in [-0.15, -0.1) is 11.6 Å². The number of aryl methyl sites for hydroxylation is 1. The molecule has 0 aliphatic heterocycles. The summed E-state index contributed by atoms with van der Waals surface area (Å²) in [4.78, 5) is 0. The Balaban J connectivity index is 0.00000144. The van der Waals surface area contributed by atoms with Crippen LogP contribution in [0.5, 0.6) is 0 Å². The Kier molecular flexibility index (Phi) is 4.38. The number of benzene rings is 2. The van der Waals surface area contributed by atoms with Gasteiger partial charge in [0, 0.05) is 49.4 Å². The standard InChI is InChI=1S/C20H18N.Y/c1-14-8-3-5-11-17(14)21-18-12-6-4-10-16(18)20-15(2)9-7-13-19(20)21;/h4-6,8,10-12H,2,7,9,13H2,1H3;/q-1;. The van der Waals surface area contributed by atoms with Gasteiger partial charge in [0.05, 0.1) is 5.52 Å². The Morgan fingerprint density at radius 1 is 1.14 bits per heavy atom. The second-order valence-corrected chi connectivity index (χ2v) is 5.84. The van der Waals surface area contributed by atoms with E-state index in [0.717, 1.165) is 12.8 Å². The molecule has 0 spiro atoms. The predicted octanol–water partition coefficient (Wildman–Crippen LogP) is 5.09. The van der Waals surface area contributed by atoms with Gasteiger partial charge in [-0.2, -0.15) is 18.2 Å². The van der Waals surface area contributed by atoms with E-state index >= 15 is 0 Å². The molecule has 107 valence electrons. The van der Waals surface area contributed by atoms with Crippen LogP contribution >= 0.6 is 0 Å². The number of hydrogen-bond acceptors (Lipinski definition) is 0. The SMILES string of the molecule is C=C1CCCc2c1c1ccccc1n2-c1cc[c-]cc1C.[Y]. The van der Waals surface area contributed by atoms with E-state index in [-0.39, 0.29) is 32.7 Å². The molecule has 0 saturated carbocycles. The summed E-state index contributed by atoms with van der Waals surface area (Å²) >= 11 is 0. The molecule has 2 heteroatoms. The smallest absolute Gasteiger partial charge is 0.0516 e. The van der Waals surface area contributed by atoms with Crippen LogP contribution in [0, 0.1) is 13.0 Å². The third kappa shape index (κ3) is 2.32. The Labute approximate surface area is 156 Å². The van der Waals surface area contributed by atoms with E-state index in [4.69, 9.17) is 0 Å². The van der Waals surface area contributed by atoms with Gasteiger partial charge in [0.25, 0.3) is 0 Å². The number of nitrogens with zero attached hydrogens (tertiary/aromatic N) is 1. The number of aromatic nitrogens is 1. The van der Waals surface area contributed by atoms with Crippen LogP contribution in [0.25, 0.3) is 22.2 Å². The average Bonchev–Trinajstić information content (AvgIpc) is 2.83. The Hall–Kier alpha value is -1.18. The molecule has 4 rings (SSSR count). The topological polar surface area (TPSA) is 4.93 Å². The maximum absolute atomic E-state index is 4.32. The quantitative estimate of drug-likeness (QED) is 0.533. The normalized spacial score (nSPS) is 13.8. The van der Waals surface area contributed by atoms with E-state index in [9.17, 15) is 0 Å². The van der Waals surface area contributed by atoms with Crippen LogP contribution in [-0.4, -0.2) is 4.57 Å². The molecule has 1 nitrogen and oxygen atoms in total. The van der Waals surface area contributed by atoms with Gasteiger partial charge in [-0.1, -0.05) is 37.4 Å². The minimum atomic E-state index is 0. The summed E-state index contributed by atoms with van der Waals surface area (Å²) in [6, 6.07) is 18.1. The molecule has 0 unspecified atom stereocenters. The number of hydrogen-bond donors (Lipinski definition) is 0. The number of allylic oxidation sites excluding steroid dienone is 1. The number of para-hydroxylation sites is 1. The summed E-state index contributed by atoms with van der Waals surface area (Å²) in [5.74, 6) is 0. The van der Waals surface area contributed by atoms with E-state index < -0.39 is 0 Å². The van der Waals surface area contributed by atoms with Crippen molar-refractivity contribution in [1.82, 2.24) is 4.57 Å². The molecule has 0 N–H and O–H groups in total. The van der Waals surface area contributed by atoms with Gasteiger partial charge in [0.2, 0.25) is 0 Å². The largest absolute Gasteiger partial charge is 0.336 e. The molecular weight excluding hydrogens is 343 g/mol. The van der Waals surface area contributed by atoms with Crippen molar-refractivity contribution >= 4 is 16.5 Å². The van der Waals surface area contributed by atoms with Crippen LogP contribution in [0.2, 0.25) is 0 Å². The third-order valence-electron chi connectivity index (χ3n) is 4.50. The summed E-state index contributed by atoms with van der Waals surface area (Å²) in [5.41, 5.74) is 7.90. The molecule has 0 saturated heterocycles. The zero-order valence-electron chi connectivity index (χ0n) is 12.9. The molecule has 1 aliphatic rings. The van der Waals surface area contributed by atoms with Crippen molar-refractivity contribution in [3.05, 3.63) is 71.9 Å². The summed E-state index contributed by atoms with van der Waals surface area (Å²) in [5, 5.41) is 1.34. The molecule has 2 aromatic carbocycles.